The Morgan fingerprint density at radius 1 is 1.00 bits per heavy atom. The number of hydrogen-bond acceptors (Lipinski definition) is 3. The van der Waals surface area contributed by atoms with E-state index in [0.29, 0.717) is 0 Å². The van der Waals surface area contributed by atoms with Crippen LogP contribution < -0.4 is 10.0 Å². The summed E-state index contributed by atoms with van der Waals surface area (Å²) in [4.78, 5) is 12.8. The average Bonchev–Trinajstić information content (AvgIpc) is 2.54. The van der Waals surface area contributed by atoms with E-state index >= 15 is 0 Å². The maximum Gasteiger partial charge on any atom is 0.196 e. The van der Waals surface area contributed by atoms with Crippen LogP contribution in [-0.4, -0.2) is 18.9 Å². The van der Waals surface area contributed by atoms with Gasteiger partial charge in [0.15, 0.2) is 11.8 Å². The molecule has 0 spiro atoms. The summed E-state index contributed by atoms with van der Waals surface area (Å²) in [6.45, 7) is 10.1. The van der Waals surface area contributed by atoms with Gasteiger partial charge in [-0.15, -0.1) is 0 Å². The van der Waals surface area contributed by atoms with Crippen LogP contribution in [0.4, 0.5) is 0 Å². The molecule has 0 radical (unpaired) electrons. The van der Waals surface area contributed by atoms with Crippen molar-refractivity contribution < 1.29 is 14.3 Å². The van der Waals surface area contributed by atoms with Crippen LogP contribution in [-0.2, 0) is 4.74 Å². The Morgan fingerprint density at radius 2 is 1.62 bits per heavy atom. The third kappa shape index (κ3) is 4.23. The monoisotopic (exact) mass is 344 g/mol. The van der Waals surface area contributed by atoms with Crippen molar-refractivity contribution >= 4 is 19.4 Å². The summed E-state index contributed by atoms with van der Waals surface area (Å²) >= 11 is 0. The fourth-order valence-corrected chi connectivity index (χ4v) is 3.79. The SMILES string of the molecule is COC(C)Oc1ccc(PC(=O)c2c(C)cc(C)c(C)c2C)cc1. The van der Waals surface area contributed by atoms with Crippen LogP contribution in [0.3, 0.4) is 0 Å². The highest BCUT2D eigenvalue weighted by Gasteiger charge is 2.16. The van der Waals surface area contributed by atoms with Crippen molar-refractivity contribution in [1.29, 1.82) is 0 Å². The lowest BCUT2D eigenvalue weighted by Crippen LogP contribution is -2.14. The van der Waals surface area contributed by atoms with E-state index in [0.717, 1.165) is 27.7 Å². The number of aryl methyl sites for hydroxylation is 2. The topological polar surface area (TPSA) is 35.5 Å². The Kier molecular flexibility index (Phi) is 6.15. The van der Waals surface area contributed by atoms with E-state index in [1.54, 1.807) is 7.11 Å². The van der Waals surface area contributed by atoms with E-state index in [-0.39, 0.29) is 20.4 Å². The third-order valence-corrected chi connectivity index (χ3v) is 5.43. The minimum absolute atomic E-state index is 0.108. The van der Waals surface area contributed by atoms with Crippen LogP contribution in [0.15, 0.2) is 30.3 Å². The van der Waals surface area contributed by atoms with E-state index in [9.17, 15) is 4.79 Å². The van der Waals surface area contributed by atoms with Crippen molar-refractivity contribution in [3.05, 3.63) is 58.1 Å². The Hall–Kier alpha value is -1.70. The van der Waals surface area contributed by atoms with Crippen LogP contribution in [0.25, 0.3) is 0 Å². The zero-order valence-electron chi connectivity index (χ0n) is 15.2. The molecule has 2 atom stereocenters. The van der Waals surface area contributed by atoms with Crippen LogP contribution in [0.1, 0.15) is 39.5 Å². The molecule has 0 aliphatic carbocycles. The zero-order valence-corrected chi connectivity index (χ0v) is 16.2. The van der Waals surface area contributed by atoms with Gasteiger partial charge < -0.3 is 9.47 Å². The molecule has 2 aromatic rings. The first kappa shape index (κ1) is 18.6. The van der Waals surface area contributed by atoms with Crippen molar-refractivity contribution in [2.24, 2.45) is 0 Å². The molecule has 24 heavy (non-hydrogen) atoms. The second-order valence-corrected chi connectivity index (χ2v) is 7.32. The standard InChI is InChI=1S/C20H25O3P/c1-12-11-13(2)19(15(4)14(12)3)20(21)24-18-9-7-17(8-10-18)23-16(5)22-6/h7-11,16,24H,1-6H3. The molecule has 0 amide bonds. The number of rotatable bonds is 6. The maximum atomic E-state index is 12.8. The first-order valence-electron chi connectivity index (χ1n) is 8.01. The fourth-order valence-electron chi connectivity index (χ4n) is 2.68. The Morgan fingerprint density at radius 3 is 2.21 bits per heavy atom. The van der Waals surface area contributed by atoms with Crippen molar-refractivity contribution in [1.82, 2.24) is 0 Å². The van der Waals surface area contributed by atoms with Crippen molar-refractivity contribution in [3.63, 3.8) is 0 Å². The van der Waals surface area contributed by atoms with Crippen LogP contribution >= 0.6 is 8.58 Å². The van der Waals surface area contributed by atoms with Crippen LogP contribution in [0.5, 0.6) is 5.75 Å². The largest absolute Gasteiger partial charge is 0.465 e. The van der Waals surface area contributed by atoms with Gasteiger partial charge in [0.2, 0.25) is 0 Å². The fraction of sp³-hybridized carbons (Fsp3) is 0.350. The Balaban J connectivity index is 2.17. The molecule has 2 rings (SSSR count). The van der Waals surface area contributed by atoms with Gasteiger partial charge in [0.05, 0.1) is 0 Å². The summed E-state index contributed by atoms with van der Waals surface area (Å²) in [6.07, 6.45) is -0.291. The molecule has 0 aliphatic heterocycles. The van der Waals surface area contributed by atoms with E-state index in [1.165, 1.54) is 11.1 Å². The molecule has 0 N–H and O–H groups in total. The van der Waals surface area contributed by atoms with Crippen molar-refractivity contribution in [2.75, 3.05) is 7.11 Å². The molecule has 2 aromatic carbocycles. The van der Waals surface area contributed by atoms with Gasteiger partial charge in [-0.2, -0.15) is 0 Å². The number of ether oxygens (including phenoxy) is 2. The highest BCUT2D eigenvalue weighted by molar-refractivity contribution is 7.66. The van der Waals surface area contributed by atoms with E-state index in [4.69, 9.17) is 9.47 Å². The molecule has 0 fully saturated rings. The molecule has 2 unspecified atom stereocenters. The predicted molar refractivity (Wildman–Crippen MR) is 101 cm³/mol. The van der Waals surface area contributed by atoms with E-state index in [1.807, 2.05) is 45.0 Å². The Labute approximate surface area is 146 Å². The summed E-state index contributed by atoms with van der Waals surface area (Å²) in [7, 11) is 1.71. The lowest BCUT2D eigenvalue weighted by molar-refractivity contribution is -0.0382. The minimum atomic E-state index is -0.291. The van der Waals surface area contributed by atoms with Gasteiger partial charge in [-0.1, -0.05) is 18.2 Å². The highest BCUT2D eigenvalue weighted by atomic mass is 31.1. The van der Waals surface area contributed by atoms with Gasteiger partial charge in [-0.05, 0) is 82.9 Å². The smallest absolute Gasteiger partial charge is 0.196 e. The zero-order chi connectivity index (χ0) is 17.9. The molecule has 3 nitrogen and oxygen atoms in total. The molecule has 128 valence electrons. The summed E-state index contributed by atoms with van der Waals surface area (Å²) in [5, 5.41) is 1.01. The lowest BCUT2D eigenvalue weighted by Gasteiger charge is -2.15. The number of methoxy groups -OCH3 is 1. The molecular formula is C20H25O3P. The lowest BCUT2D eigenvalue weighted by atomic mass is 9.95. The van der Waals surface area contributed by atoms with Crippen LogP contribution in [0.2, 0.25) is 0 Å². The first-order valence-corrected chi connectivity index (χ1v) is 9.01. The number of carbonyl (C=O) groups is 1. The molecule has 0 saturated carbocycles. The second kappa shape index (κ2) is 7.92. The molecule has 0 saturated heterocycles. The third-order valence-electron chi connectivity index (χ3n) is 4.33. The number of benzene rings is 2. The summed E-state index contributed by atoms with van der Waals surface area (Å²) in [5.74, 6) is 0.740. The van der Waals surface area contributed by atoms with Gasteiger partial charge in [-0.25, -0.2) is 0 Å². The van der Waals surface area contributed by atoms with Crippen molar-refractivity contribution in [2.45, 2.75) is 40.9 Å². The van der Waals surface area contributed by atoms with Gasteiger partial charge >= 0.3 is 0 Å². The quantitative estimate of drug-likeness (QED) is 0.574. The molecule has 0 heterocycles. The van der Waals surface area contributed by atoms with Gasteiger partial charge in [0.25, 0.3) is 0 Å². The van der Waals surface area contributed by atoms with Gasteiger partial charge in [0.1, 0.15) is 5.75 Å². The summed E-state index contributed by atoms with van der Waals surface area (Å²) < 4.78 is 10.7. The van der Waals surface area contributed by atoms with Crippen molar-refractivity contribution in [3.8, 4) is 5.75 Å². The normalized spacial score (nSPS) is 12.6. The van der Waals surface area contributed by atoms with Gasteiger partial charge in [0, 0.05) is 12.7 Å². The molecule has 0 aromatic heterocycles. The molecule has 0 aliphatic rings. The minimum Gasteiger partial charge on any atom is -0.465 e. The summed E-state index contributed by atoms with van der Waals surface area (Å²) in [6, 6.07) is 9.75. The second-order valence-electron chi connectivity index (χ2n) is 6.04. The number of hydrogen-bond donors (Lipinski definition) is 0. The van der Waals surface area contributed by atoms with E-state index < -0.39 is 0 Å². The Bertz CT molecular complexity index is 736. The number of carbonyl (C=O) groups excluding carboxylic acids is 1. The van der Waals surface area contributed by atoms with E-state index in [2.05, 4.69) is 19.9 Å². The van der Waals surface area contributed by atoms with Gasteiger partial charge in [-0.3, -0.25) is 4.79 Å². The average molecular weight is 344 g/mol. The first-order chi connectivity index (χ1) is 11.3. The van der Waals surface area contributed by atoms with Crippen LogP contribution in [0, 0.1) is 27.7 Å². The molecular weight excluding hydrogens is 319 g/mol. The highest BCUT2D eigenvalue weighted by Crippen LogP contribution is 2.28. The molecule has 4 heteroatoms. The predicted octanol–water partition coefficient (Wildman–Crippen LogP) is 4.44. The maximum absolute atomic E-state index is 12.8. The summed E-state index contributed by atoms with van der Waals surface area (Å²) in [5.41, 5.74) is 5.64. The molecule has 0 bridgehead atoms.